The van der Waals surface area contributed by atoms with Crippen molar-refractivity contribution in [2.45, 2.75) is 58.7 Å². The molecule has 0 rings (SSSR count). The zero-order chi connectivity index (χ0) is 10.3. The van der Waals surface area contributed by atoms with Crippen molar-refractivity contribution in [1.29, 1.82) is 0 Å². The molecule has 2 atom stereocenters. The molecule has 13 heavy (non-hydrogen) atoms. The van der Waals surface area contributed by atoms with E-state index in [0.717, 1.165) is 19.3 Å². The Morgan fingerprint density at radius 1 is 1.46 bits per heavy atom. The van der Waals surface area contributed by atoms with Gasteiger partial charge in [0.25, 0.3) is 0 Å². The average Bonchev–Trinajstić information content (AvgIpc) is 2.02. The van der Waals surface area contributed by atoms with Crippen molar-refractivity contribution in [3.05, 3.63) is 0 Å². The van der Waals surface area contributed by atoms with E-state index in [1.165, 1.54) is 6.92 Å². The zero-order valence-electron chi connectivity index (χ0n) is 8.75. The van der Waals surface area contributed by atoms with Crippen molar-refractivity contribution >= 4 is 5.97 Å². The Hall–Kier alpha value is -0.570. The zero-order valence-corrected chi connectivity index (χ0v) is 8.75. The molecule has 0 radical (unpaired) electrons. The molecule has 0 aromatic rings. The molecular weight excluding hydrogens is 168 g/mol. The van der Waals surface area contributed by atoms with Gasteiger partial charge in [-0.25, -0.2) is 0 Å². The summed E-state index contributed by atoms with van der Waals surface area (Å²) in [5, 5.41) is 9.47. The van der Waals surface area contributed by atoms with Crippen LogP contribution < -0.4 is 0 Å². The van der Waals surface area contributed by atoms with Crippen LogP contribution in [0.15, 0.2) is 0 Å². The van der Waals surface area contributed by atoms with Crippen molar-refractivity contribution in [3.63, 3.8) is 0 Å². The summed E-state index contributed by atoms with van der Waals surface area (Å²) in [6.07, 6.45) is 2.59. The molecule has 0 saturated heterocycles. The lowest BCUT2D eigenvalue weighted by atomic mass is 10.1. The van der Waals surface area contributed by atoms with Crippen LogP contribution in [0.5, 0.6) is 0 Å². The van der Waals surface area contributed by atoms with Gasteiger partial charge < -0.3 is 9.84 Å². The molecule has 0 aromatic heterocycles. The molecule has 3 nitrogen and oxygen atoms in total. The molecule has 0 aliphatic carbocycles. The Morgan fingerprint density at radius 3 is 2.46 bits per heavy atom. The van der Waals surface area contributed by atoms with E-state index in [1.807, 2.05) is 13.8 Å². The minimum Gasteiger partial charge on any atom is -0.462 e. The highest BCUT2D eigenvalue weighted by molar-refractivity contribution is 5.66. The Bertz CT molecular complexity index is 145. The Morgan fingerprint density at radius 2 is 2.08 bits per heavy atom. The van der Waals surface area contributed by atoms with Crippen LogP contribution in [0.2, 0.25) is 0 Å². The third-order valence-electron chi connectivity index (χ3n) is 1.94. The maximum absolute atomic E-state index is 10.6. The average molecular weight is 188 g/mol. The smallest absolute Gasteiger partial charge is 0.302 e. The minimum atomic E-state index is -0.339. The first kappa shape index (κ1) is 12.4. The van der Waals surface area contributed by atoms with Gasteiger partial charge in [0.15, 0.2) is 0 Å². The number of aliphatic hydroxyl groups excluding tert-OH is 1. The molecule has 3 heteroatoms. The van der Waals surface area contributed by atoms with Crippen molar-refractivity contribution < 1.29 is 14.6 Å². The first-order valence-electron chi connectivity index (χ1n) is 4.95. The fourth-order valence-electron chi connectivity index (χ4n) is 1.29. The second-order valence-corrected chi connectivity index (χ2v) is 3.32. The molecule has 1 N–H and O–H groups in total. The fraction of sp³-hybridized carbons (Fsp3) is 0.900. The summed E-state index contributed by atoms with van der Waals surface area (Å²) in [5.41, 5.74) is 0. The summed E-state index contributed by atoms with van der Waals surface area (Å²) < 4.78 is 5.02. The third-order valence-corrected chi connectivity index (χ3v) is 1.94. The number of rotatable bonds is 6. The van der Waals surface area contributed by atoms with E-state index in [2.05, 4.69) is 0 Å². The van der Waals surface area contributed by atoms with E-state index in [9.17, 15) is 9.90 Å². The van der Waals surface area contributed by atoms with E-state index >= 15 is 0 Å². The van der Waals surface area contributed by atoms with Gasteiger partial charge in [0.05, 0.1) is 6.10 Å². The molecule has 0 aliphatic rings. The Balaban J connectivity index is 3.75. The van der Waals surface area contributed by atoms with Crippen molar-refractivity contribution in [3.8, 4) is 0 Å². The van der Waals surface area contributed by atoms with Gasteiger partial charge in [-0.2, -0.15) is 0 Å². The number of esters is 1. The largest absolute Gasteiger partial charge is 0.462 e. The third kappa shape index (κ3) is 6.58. The predicted octanol–water partition coefficient (Wildman–Crippen LogP) is 1.88. The molecule has 2 unspecified atom stereocenters. The molecular formula is C10H20O3. The van der Waals surface area contributed by atoms with Crippen molar-refractivity contribution in [2.24, 2.45) is 0 Å². The lowest BCUT2D eigenvalue weighted by Crippen LogP contribution is -2.22. The second-order valence-electron chi connectivity index (χ2n) is 3.32. The van der Waals surface area contributed by atoms with Crippen LogP contribution in [0, 0.1) is 0 Å². The highest BCUT2D eigenvalue weighted by atomic mass is 16.5. The molecule has 0 spiro atoms. The van der Waals surface area contributed by atoms with Crippen molar-refractivity contribution in [1.82, 2.24) is 0 Å². The van der Waals surface area contributed by atoms with Gasteiger partial charge in [-0.3, -0.25) is 4.79 Å². The molecule has 78 valence electrons. The summed E-state index contributed by atoms with van der Waals surface area (Å²) in [4.78, 5) is 10.6. The van der Waals surface area contributed by atoms with Gasteiger partial charge in [0, 0.05) is 13.3 Å². The Kier molecular flexibility index (Phi) is 6.59. The molecule has 0 bridgehead atoms. The lowest BCUT2D eigenvalue weighted by molar-refractivity contribution is -0.147. The lowest BCUT2D eigenvalue weighted by Gasteiger charge is -2.18. The van der Waals surface area contributed by atoms with E-state index in [1.54, 1.807) is 0 Å². The number of carbonyl (C=O) groups is 1. The molecule has 0 aromatic carbocycles. The molecule has 0 aliphatic heterocycles. The summed E-state index contributed by atoms with van der Waals surface area (Å²) in [6.45, 7) is 5.37. The SMILES string of the molecule is CCCC(O)CC(CC)OC(C)=O. The van der Waals surface area contributed by atoms with E-state index in [-0.39, 0.29) is 18.2 Å². The van der Waals surface area contributed by atoms with Gasteiger partial charge in [-0.15, -0.1) is 0 Å². The van der Waals surface area contributed by atoms with E-state index in [4.69, 9.17) is 4.74 Å². The Labute approximate surface area is 80.1 Å². The highest BCUT2D eigenvalue weighted by Gasteiger charge is 2.14. The monoisotopic (exact) mass is 188 g/mol. The number of carbonyl (C=O) groups excluding carboxylic acids is 1. The van der Waals surface area contributed by atoms with Crippen LogP contribution in [-0.4, -0.2) is 23.3 Å². The summed E-state index contributed by atoms with van der Waals surface area (Å²) >= 11 is 0. The number of hydrogen-bond donors (Lipinski definition) is 1. The standard InChI is InChI=1S/C10H20O3/c1-4-6-9(12)7-10(5-2)13-8(3)11/h9-10,12H,4-7H2,1-3H3. The van der Waals surface area contributed by atoms with Gasteiger partial charge in [0.2, 0.25) is 0 Å². The normalized spacial score (nSPS) is 15.1. The fourth-order valence-corrected chi connectivity index (χ4v) is 1.29. The predicted molar refractivity (Wildman–Crippen MR) is 51.4 cm³/mol. The first-order chi connectivity index (χ1) is 6.10. The molecule has 0 fully saturated rings. The van der Waals surface area contributed by atoms with Crippen LogP contribution in [0.4, 0.5) is 0 Å². The van der Waals surface area contributed by atoms with E-state index in [0.29, 0.717) is 6.42 Å². The first-order valence-corrected chi connectivity index (χ1v) is 4.95. The summed E-state index contributed by atoms with van der Waals surface area (Å²) in [5.74, 6) is -0.268. The molecule has 0 amide bonds. The molecule has 0 saturated carbocycles. The topological polar surface area (TPSA) is 46.5 Å². The highest BCUT2D eigenvalue weighted by Crippen LogP contribution is 2.10. The van der Waals surface area contributed by atoms with Crippen LogP contribution >= 0.6 is 0 Å². The second kappa shape index (κ2) is 6.89. The van der Waals surface area contributed by atoms with Crippen LogP contribution in [0.3, 0.4) is 0 Å². The van der Waals surface area contributed by atoms with Crippen LogP contribution in [-0.2, 0) is 9.53 Å². The van der Waals surface area contributed by atoms with Crippen LogP contribution in [0.1, 0.15) is 46.5 Å². The number of hydrogen-bond acceptors (Lipinski definition) is 3. The quantitative estimate of drug-likeness (QED) is 0.647. The maximum atomic E-state index is 10.6. The van der Waals surface area contributed by atoms with Gasteiger partial charge in [-0.05, 0) is 12.8 Å². The maximum Gasteiger partial charge on any atom is 0.302 e. The number of aliphatic hydroxyl groups is 1. The van der Waals surface area contributed by atoms with Gasteiger partial charge >= 0.3 is 5.97 Å². The number of ether oxygens (including phenoxy) is 1. The summed E-state index contributed by atoms with van der Waals surface area (Å²) in [7, 11) is 0. The van der Waals surface area contributed by atoms with Gasteiger partial charge in [0.1, 0.15) is 6.10 Å². The summed E-state index contributed by atoms with van der Waals surface area (Å²) in [6, 6.07) is 0. The minimum absolute atomic E-state index is 0.126. The van der Waals surface area contributed by atoms with E-state index < -0.39 is 0 Å². The molecule has 0 heterocycles. The van der Waals surface area contributed by atoms with Crippen LogP contribution in [0.25, 0.3) is 0 Å². The van der Waals surface area contributed by atoms with Gasteiger partial charge in [-0.1, -0.05) is 20.3 Å². The van der Waals surface area contributed by atoms with Crippen molar-refractivity contribution in [2.75, 3.05) is 0 Å².